The predicted molar refractivity (Wildman–Crippen MR) is 74.6 cm³/mol. The minimum atomic E-state index is -3.03. The Bertz CT molecular complexity index is 378. The summed E-state index contributed by atoms with van der Waals surface area (Å²) in [5.41, 5.74) is -0.0643. The van der Waals surface area contributed by atoms with Crippen LogP contribution < -0.4 is 5.32 Å². The molecule has 18 heavy (non-hydrogen) atoms. The SMILES string of the molecule is CCC1(C)CC(NCC(C)(C)S(C)(=O)=O)CCO1. The summed E-state index contributed by atoms with van der Waals surface area (Å²) in [5, 5.41) is 3.40. The summed E-state index contributed by atoms with van der Waals surface area (Å²) in [4.78, 5) is 0. The van der Waals surface area contributed by atoms with Gasteiger partial charge in [-0.3, -0.25) is 0 Å². The molecule has 0 aromatic heterocycles. The molecule has 0 amide bonds. The molecular weight excluding hydrogens is 250 g/mol. The first-order valence-corrected chi connectivity index (χ1v) is 8.56. The number of rotatable bonds is 5. The molecule has 2 atom stereocenters. The quantitative estimate of drug-likeness (QED) is 0.832. The Morgan fingerprint density at radius 3 is 2.56 bits per heavy atom. The Morgan fingerprint density at radius 1 is 1.44 bits per heavy atom. The van der Waals surface area contributed by atoms with Crippen LogP contribution in [0.15, 0.2) is 0 Å². The summed E-state index contributed by atoms with van der Waals surface area (Å²) in [6, 6.07) is 0.352. The third-order valence-corrected chi connectivity index (χ3v) is 6.32. The monoisotopic (exact) mass is 277 g/mol. The van der Waals surface area contributed by atoms with E-state index in [2.05, 4.69) is 19.2 Å². The van der Waals surface area contributed by atoms with Crippen LogP contribution in [0.2, 0.25) is 0 Å². The second-order valence-corrected chi connectivity index (χ2v) is 8.90. The van der Waals surface area contributed by atoms with Crippen LogP contribution in [0.1, 0.15) is 47.0 Å². The van der Waals surface area contributed by atoms with Crippen molar-refractivity contribution in [1.29, 1.82) is 0 Å². The number of nitrogens with one attached hydrogen (secondary N) is 1. The Hall–Kier alpha value is -0.130. The molecule has 4 nitrogen and oxygen atoms in total. The summed E-state index contributed by atoms with van der Waals surface area (Å²) >= 11 is 0. The lowest BCUT2D eigenvalue weighted by Gasteiger charge is -2.39. The van der Waals surface area contributed by atoms with Crippen molar-refractivity contribution in [3.63, 3.8) is 0 Å². The van der Waals surface area contributed by atoms with E-state index >= 15 is 0 Å². The second-order valence-electron chi connectivity index (χ2n) is 6.25. The van der Waals surface area contributed by atoms with Crippen LogP contribution in [0.4, 0.5) is 0 Å². The molecule has 1 fully saturated rings. The summed E-state index contributed by atoms with van der Waals surface area (Å²) in [7, 11) is -3.03. The Labute approximate surface area is 111 Å². The maximum Gasteiger partial charge on any atom is 0.153 e. The van der Waals surface area contributed by atoms with Gasteiger partial charge in [-0.1, -0.05) is 6.92 Å². The van der Waals surface area contributed by atoms with Gasteiger partial charge in [0.1, 0.15) is 0 Å². The molecule has 1 N–H and O–H groups in total. The molecule has 1 heterocycles. The van der Waals surface area contributed by atoms with Crippen LogP contribution in [-0.4, -0.2) is 44.2 Å². The highest BCUT2D eigenvalue weighted by Gasteiger charge is 2.34. The van der Waals surface area contributed by atoms with Gasteiger partial charge in [-0.2, -0.15) is 0 Å². The minimum Gasteiger partial charge on any atom is -0.375 e. The van der Waals surface area contributed by atoms with Crippen LogP contribution >= 0.6 is 0 Å². The minimum absolute atomic E-state index is 0.0643. The van der Waals surface area contributed by atoms with Crippen LogP contribution in [0, 0.1) is 0 Å². The smallest absolute Gasteiger partial charge is 0.153 e. The summed E-state index contributed by atoms with van der Waals surface area (Å²) < 4.78 is 28.4. The van der Waals surface area contributed by atoms with E-state index in [1.165, 1.54) is 6.26 Å². The zero-order valence-corrected chi connectivity index (χ0v) is 13.1. The fraction of sp³-hybridized carbons (Fsp3) is 1.00. The van der Waals surface area contributed by atoms with Gasteiger partial charge in [-0.05, 0) is 40.0 Å². The van der Waals surface area contributed by atoms with Gasteiger partial charge in [-0.15, -0.1) is 0 Å². The number of sulfone groups is 1. The van der Waals surface area contributed by atoms with Gasteiger partial charge in [0, 0.05) is 25.4 Å². The maximum absolute atomic E-state index is 11.6. The predicted octanol–water partition coefficient (Wildman–Crippen LogP) is 1.75. The number of hydrogen-bond donors (Lipinski definition) is 1. The average Bonchev–Trinajstić information content (AvgIpc) is 2.25. The molecule has 0 saturated carbocycles. The highest BCUT2D eigenvalue weighted by Crippen LogP contribution is 2.28. The van der Waals surface area contributed by atoms with Gasteiger partial charge in [0.2, 0.25) is 0 Å². The zero-order chi connectivity index (χ0) is 14.0. The largest absolute Gasteiger partial charge is 0.375 e. The van der Waals surface area contributed by atoms with Crippen molar-refractivity contribution in [2.24, 2.45) is 0 Å². The van der Waals surface area contributed by atoms with Crippen molar-refractivity contribution in [3.05, 3.63) is 0 Å². The van der Waals surface area contributed by atoms with Gasteiger partial charge >= 0.3 is 0 Å². The summed E-state index contributed by atoms with van der Waals surface area (Å²) in [5.74, 6) is 0. The molecule has 108 valence electrons. The van der Waals surface area contributed by atoms with E-state index in [9.17, 15) is 8.42 Å². The van der Waals surface area contributed by atoms with E-state index in [1.807, 2.05) is 0 Å². The highest BCUT2D eigenvalue weighted by atomic mass is 32.2. The molecule has 0 radical (unpaired) electrons. The lowest BCUT2D eigenvalue weighted by molar-refractivity contribution is -0.0780. The zero-order valence-electron chi connectivity index (χ0n) is 12.2. The van der Waals surface area contributed by atoms with Crippen molar-refractivity contribution in [2.45, 2.75) is 63.3 Å². The maximum atomic E-state index is 11.6. The first kappa shape index (κ1) is 15.9. The lowest BCUT2D eigenvalue weighted by atomic mass is 9.90. The molecule has 2 unspecified atom stereocenters. The van der Waals surface area contributed by atoms with Gasteiger partial charge in [0.25, 0.3) is 0 Å². The van der Waals surface area contributed by atoms with E-state index in [1.54, 1.807) is 13.8 Å². The van der Waals surface area contributed by atoms with Gasteiger partial charge in [0.05, 0.1) is 10.3 Å². The Kier molecular flexibility index (Phi) is 4.84. The van der Waals surface area contributed by atoms with E-state index in [0.717, 1.165) is 25.9 Å². The topological polar surface area (TPSA) is 55.4 Å². The molecule has 0 aromatic rings. The molecule has 0 aromatic carbocycles. The molecule has 1 aliphatic heterocycles. The van der Waals surface area contributed by atoms with E-state index < -0.39 is 14.6 Å². The van der Waals surface area contributed by atoms with E-state index in [4.69, 9.17) is 4.74 Å². The fourth-order valence-corrected chi connectivity index (χ4v) is 2.42. The summed E-state index contributed by atoms with van der Waals surface area (Å²) in [6.07, 6.45) is 4.19. The van der Waals surface area contributed by atoms with Gasteiger partial charge in [0.15, 0.2) is 9.84 Å². The van der Waals surface area contributed by atoms with Crippen molar-refractivity contribution >= 4 is 9.84 Å². The number of ether oxygens (including phenoxy) is 1. The third-order valence-electron chi connectivity index (χ3n) is 4.16. The van der Waals surface area contributed by atoms with E-state index in [0.29, 0.717) is 12.6 Å². The van der Waals surface area contributed by atoms with Crippen LogP contribution in [0.5, 0.6) is 0 Å². The van der Waals surface area contributed by atoms with Crippen LogP contribution in [0.25, 0.3) is 0 Å². The normalized spacial score (nSPS) is 30.4. The standard InChI is InChI=1S/C13H27NO3S/c1-6-13(4)9-11(7-8-17-13)14-10-12(2,3)18(5,15)16/h11,14H,6-10H2,1-5H3. The highest BCUT2D eigenvalue weighted by molar-refractivity contribution is 7.92. The lowest BCUT2D eigenvalue weighted by Crippen LogP contribution is -2.50. The van der Waals surface area contributed by atoms with Crippen molar-refractivity contribution in [1.82, 2.24) is 5.32 Å². The van der Waals surface area contributed by atoms with Crippen molar-refractivity contribution < 1.29 is 13.2 Å². The second kappa shape index (κ2) is 5.47. The average molecular weight is 277 g/mol. The third kappa shape index (κ3) is 3.93. The van der Waals surface area contributed by atoms with Gasteiger partial charge in [-0.25, -0.2) is 8.42 Å². The van der Waals surface area contributed by atoms with Crippen molar-refractivity contribution in [3.8, 4) is 0 Å². The van der Waals surface area contributed by atoms with Crippen molar-refractivity contribution in [2.75, 3.05) is 19.4 Å². The first-order chi connectivity index (χ1) is 8.10. The molecule has 1 saturated heterocycles. The summed E-state index contributed by atoms with van der Waals surface area (Å²) in [6.45, 7) is 9.05. The van der Waals surface area contributed by atoms with E-state index in [-0.39, 0.29) is 5.60 Å². The molecule has 1 aliphatic rings. The molecular formula is C13H27NO3S. The molecule has 0 bridgehead atoms. The van der Waals surface area contributed by atoms with Gasteiger partial charge < -0.3 is 10.1 Å². The molecule has 5 heteroatoms. The molecule has 0 aliphatic carbocycles. The number of hydrogen-bond acceptors (Lipinski definition) is 4. The first-order valence-electron chi connectivity index (χ1n) is 6.66. The van der Waals surface area contributed by atoms with Crippen LogP contribution in [0.3, 0.4) is 0 Å². The Balaban J connectivity index is 2.54. The molecule has 1 rings (SSSR count). The fourth-order valence-electron chi connectivity index (χ4n) is 2.07. The Morgan fingerprint density at radius 2 is 2.06 bits per heavy atom. The molecule has 0 spiro atoms. The van der Waals surface area contributed by atoms with Crippen LogP contribution in [-0.2, 0) is 14.6 Å².